The van der Waals surface area contributed by atoms with Crippen LogP contribution in [0.2, 0.25) is 0 Å². The second kappa shape index (κ2) is 8.55. The maximum atomic E-state index is 12.1. The summed E-state index contributed by atoms with van der Waals surface area (Å²) in [6.45, 7) is 5.44. The highest BCUT2D eigenvalue weighted by Gasteiger charge is 2.25. The molecule has 1 aromatic rings. The fourth-order valence-corrected chi connectivity index (χ4v) is 2.76. The smallest absolute Gasteiger partial charge is 0.317 e. The van der Waals surface area contributed by atoms with Crippen LogP contribution < -0.4 is 14.8 Å². The van der Waals surface area contributed by atoms with E-state index < -0.39 is 0 Å². The first kappa shape index (κ1) is 17.3. The van der Waals surface area contributed by atoms with Crippen LogP contribution in [-0.2, 0) is 0 Å². The van der Waals surface area contributed by atoms with Crippen molar-refractivity contribution in [2.45, 2.75) is 51.7 Å². The second-order valence-electron chi connectivity index (χ2n) is 5.61. The Morgan fingerprint density at radius 1 is 1.22 bits per heavy atom. The number of ether oxygens (including phenoxy) is 2. The first-order valence-corrected chi connectivity index (χ1v) is 8.24. The van der Waals surface area contributed by atoms with E-state index in [-0.39, 0.29) is 18.2 Å². The van der Waals surface area contributed by atoms with E-state index in [1.807, 2.05) is 13.8 Å². The van der Waals surface area contributed by atoms with Crippen molar-refractivity contribution in [2.24, 2.45) is 0 Å². The summed E-state index contributed by atoms with van der Waals surface area (Å²) in [5, 5.41) is 3.11. The van der Waals surface area contributed by atoms with Gasteiger partial charge in [0.05, 0.1) is 19.5 Å². The molecular formula is C16H26N4O3. The second-order valence-corrected chi connectivity index (χ2v) is 5.61. The molecule has 0 bridgehead atoms. The average Bonchev–Trinajstić information content (AvgIpc) is 2.58. The van der Waals surface area contributed by atoms with Crippen LogP contribution in [0.3, 0.4) is 0 Å². The zero-order valence-electron chi connectivity index (χ0n) is 14.1. The summed E-state index contributed by atoms with van der Waals surface area (Å²) in [5.74, 6) is 0.933. The Balaban J connectivity index is 1.78. The molecular weight excluding hydrogens is 296 g/mol. The molecule has 2 rings (SSSR count). The maximum Gasteiger partial charge on any atom is 0.317 e. The first-order valence-electron chi connectivity index (χ1n) is 8.24. The maximum absolute atomic E-state index is 12.1. The van der Waals surface area contributed by atoms with E-state index in [2.05, 4.69) is 15.3 Å². The Morgan fingerprint density at radius 2 is 1.87 bits per heavy atom. The summed E-state index contributed by atoms with van der Waals surface area (Å²) >= 11 is 0. The van der Waals surface area contributed by atoms with Crippen LogP contribution in [0.15, 0.2) is 12.4 Å². The molecule has 1 N–H and O–H groups in total. The lowest BCUT2D eigenvalue weighted by Gasteiger charge is -2.30. The minimum atomic E-state index is 0.0260. The number of nitrogens with zero attached hydrogens (tertiary/aromatic N) is 3. The van der Waals surface area contributed by atoms with Gasteiger partial charge in [0.25, 0.3) is 0 Å². The Labute approximate surface area is 137 Å². The number of carbonyl (C=O) groups excluding carboxylic acids is 1. The standard InChI is InChI=1S/C16H26N4O3/c1-4-20(5-2)16(21)18-12-6-8-13(9-7-12)23-15-11-17-10-14(19-15)22-3/h10-13H,4-9H2,1-3H3,(H,18,21). The number of hydrogen-bond donors (Lipinski definition) is 1. The molecule has 1 fully saturated rings. The highest BCUT2D eigenvalue weighted by atomic mass is 16.5. The van der Waals surface area contributed by atoms with Crippen LogP contribution in [0.4, 0.5) is 4.79 Å². The predicted octanol–water partition coefficient (Wildman–Crippen LogP) is 2.23. The summed E-state index contributed by atoms with van der Waals surface area (Å²) in [4.78, 5) is 22.1. The molecule has 1 aliphatic rings. The summed E-state index contributed by atoms with van der Waals surface area (Å²) in [6.07, 6.45) is 6.86. The van der Waals surface area contributed by atoms with Gasteiger partial charge in [-0.1, -0.05) is 0 Å². The van der Waals surface area contributed by atoms with Crippen molar-refractivity contribution in [2.75, 3.05) is 20.2 Å². The molecule has 1 saturated carbocycles. The van der Waals surface area contributed by atoms with Gasteiger partial charge >= 0.3 is 6.03 Å². The van der Waals surface area contributed by atoms with Gasteiger partial charge in [-0.3, -0.25) is 4.98 Å². The number of methoxy groups -OCH3 is 1. The number of nitrogens with one attached hydrogen (secondary N) is 1. The summed E-state index contributed by atoms with van der Waals surface area (Å²) in [5.41, 5.74) is 0. The Hall–Kier alpha value is -2.05. The Kier molecular flexibility index (Phi) is 6.43. The Morgan fingerprint density at radius 3 is 2.48 bits per heavy atom. The highest BCUT2D eigenvalue weighted by Crippen LogP contribution is 2.23. The third-order valence-electron chi connectivity index (χ3n) is 4.14. The zero-order valence-corrected chi connectivity index (χ0v) is 14.1. The van der Waals surface area contributed by atoms with E-state index in [4.69, 9.17) is 9.47 Å². The fraction of sp³-hybridized carbons (Fsp3) is 0.688. The van der Waals surface area contributed by atoms with Gasteiger partial charge in [-0.2, -0.15) is 4.98 Å². The van der Waals surface area contributed by atoms with E-state index in [1.165, 1.54) is 0 Å². The van der Waals surface area contributed by atoms with Crippen LogP contribution in [0, 0.1) is 0 Å². The molecule has 0 saturated heterocycles. The Bertz CT molecular complexity index is 500. The van der Waals surface area contributed by atoms with Crippen LogP contribution >= 0.6 is 0 Å². The van der Waals surface area contributed by atoms with E-state index in [1.54, 1.807) is 24.4 Å². The third kappa shape index (κ3) is 4.97. The molecule has 2 amide bonds. The van der Waals surface area contributed by atoms with E-state index in [0.717, 1.165) is 38.8 Å². The minimum absolute atomic E-state index is 0.0260. The molecule has 1 aromatic heterocycles. The molecule has 7 heteroatoms. The molecule has 0 aromatic carbocycles. The van der Waals surface area contributed by atoms with E-state index >= 15 is 0 Å². The van der Waals surface area contributed by atoms with Crippen molar-refractivity contribution in [1.82, 2.24) is 20.2 Å². The van der Waals surface area contributed by atoms with Gasteiger partial charge in [0.15, 0.2) is 0 Å². The number of amides is 2. The molecule has 0 radical (unpaired) electrons. The zero-order chi connectivity index (χ0) is 16.7. The number of rotatable bonds is 6. The van der Waals surface area contributed by atoms with Crippen molar-refractivity contribution >= 4 is 6.03 Å². The van der Waals surface area contributed by atoms with Crippen molar-refractivity contribution in [1.29, 1.82) is 0 Å². The number of hydrogen-bond acceptors (Lipinski definition) is 5. The van der Waals surface area contributed by atoms with Gasteiger partial charge in [0.1, 0.15) is 6.10 Å². The topological polar surface area (TPSA) is 76.6 Å². The van der Waals surface area contributed by atoms with E-state index in [9.17, 15) is 4.79 Å². The molecule has 1 aliphatic carbocycles. The normalized spacial score (nSPS) is 20.7. The van der Waals surface area contributed by atoms with Gasteiger partial charge in [-0.25, -0.2) is 4.79 Å². The quantitative estimate of drug-likeness (QED) is 0.869. The number of urea groups is 1. The monoisotopic (exact) mass is 322 g/mol. The van der Waals surface area contributed by atoms with Gasteiger partial charge in [-0.15, -0.1) is 0 Å². The lowest BCUT2D eigenvalue weighted by molar-refractivity contribution is 0.130. The van der Waals surface area contributed by atoms with Crippen molar-refractivity contribution < 1.29 is 14.3 Å². The van der Waals surface area contributed by atoms with Gasteiger partial charge in [-0.05, 0) is 39.5 Å². The summed E-state index contributed by atoms with van der Waals surface area (Å²) < 4.78 is 10.9. The SMILES string of the molecule is CCN(CC)C(=O)NC1CCC(Oc2cncc(OC)n2)CC1. The van der Waals surface area contributed by atoms with Crippen molar-refractivity contribution in [3.63, 3.8) is 0 Å². The van der Waals surface area contributed by atoms with Crippen molar-refractivity contribution in [3.8, 4) is 11.8 Å². The van der Waals surface area contributed by atoms with E-state index in [0.29, 0.717) is 11.8 Å². The minimum Gasteiger partial charge on any atom is -0.480 e. The van der Waals surface area contributed by atoms with Gasteiger partial charge in [0.2, 0.25) is 11.8 Å². The average molecular weight is 322 g/mol. The molecule has 7 nitrogen and oxygen atoms in total. The third-order valence-corrected chi connectivity index (χ3v) is 4.14. The number of carbonyl (C=O) groups is 1. The number of aromatic nitrogens is 2. The molecule has 0 spiro atoms. The summed E-state index contributed by atoms with van der Waals surface area (Å²) in [7, 11) is 1.55. The molecule has 0 unspecified atom stereocenters. The highest BCUT2D eigenvalue weighted by molar-refractivity contribution is 5.74. The fourth-order valence-electron chi connectivity index (χ4n) is 2.76. The largest absolute Gasteiger partial charge is 0.480 e. The lowest BCUT2D eigenvalue weighted by atomic mass is 9.93. The van der Waals surface area contributed by atoms with Gasteiger partial charge < -0.3 is 19.7 Å². The first-order chi connectivity index (χ1) is 11.2. The molecule has 0 atom stereocenters. The molecule has 23 heavy (non-hydrogen) atoms. The van der Waals surface area contributed by atoms with Crippen LogP contribution in [0.1, 0.15) is 39.5 Å². The summed E-state index contributed by atoms with van der Waals surface area (Å²) in [6, 6.07) is 0.248. The lowest BCUT2D eigenvalue weighted by Crippen LogP contribution is -2.46. The van der Waals surface area contributed by atoms with Crippen molar-refractivity contribution in [3.05, 3.63) is 12.4 Å². The van der Waals surface area contributed by atoms with Crippen LogP contribution in [0.25, 0.3) is 0 Å². The molecule has 1 heterocycles. The predicted molar refractivity (Wildman–Crippen MR) is 86.7 cm³/mol. The van der Waals surface area contributed by atoms with Crippen LogP contribution in [0.5, 0.6) is 11.8 Å². The molecule has 0 aliphatic heterocycles. The van der Waals surface area contributed by atoms with Crippen LogP contribution in [-0.4, -0.2) is 53.2 Å². The van der Waals surface area contributed by atoms with Gasteiger partial charge in [0, 0.05) is 19.1 Å². The molecule has 128 valence electrons.